The molecule has 1 aromatic heterocycles. The Kier molecular flexibility index (Phi) is 7.75. The van der Waals surface area contributed by atoms with Crippen molar-refractivity contribution in [2.75, 3.05) is 13.2 Å². The van der Waals surface area contributed by atoms with Crippen LogP contribution in [0, 0.1) is 0 Å². The van der Waals surface area contributed by atoms with E-state index in [1.165, 1.54) is 0 Å². The van der Waals surface area contributed by atoms with Crippen molar-refractivity contribution in [1.82, 2.24) is 16.2 Å². The molecular weight excluding hydrogens is 354 g/mol. The Labute approximate surface area is 158 Å². The van der Waals surface area contributed by atoms with E-state index in [0.717, 1.165) is 11.3 Å². The molecular formula is C18H23N3O4S. The quantitative estimate of drug-likeness (QED) is 0.481. The van der Waals surface area contributed by atoms with Gasteiger partial charge in [0.1, 0.15) is 5.76 Å². The summed E-state index contributed by atoms with van der Waals surface area (Å²) in [4.78, 5) is 12.1. The van der Waals surface area contributed by atoms with Gasteiger partial charge in [-0.05, 0) is 55.9 Å². The van der Waals surface area contributed by atoms with Gasteiger partial charge in [-0.25, -0.2) is 0 Å². The highest BCUT2D eigenvalue weighted by atomic mass is 32.1. The van der Waals surface area contributed by atoms with E-state index in [1.807, 2.05) is 32.0 Å². The van der Waals surface area contributed by atoms with Gasteiger partial charge in [-0.1, -0.05) is 6.07 Å². The van der Waals surface area contributed by atoms with Crippen LogP contribution >= 0.6 is 12.2 Å². The van der Waals surface area contributed by atoms with Crippen molar-refractivity contribution >= 4 is 23.2 Å². The number of ether oxygens (including phenoxy) is 2. The minimum absolute atomic E-state index is 0.181. The summed E-state index contributed by atoms with van der Waals surface area (Å²) in [6, 6.07) is 9.07. The number of thiocarbonyl (C=S) groups is 1. The molecule has 1 aromatic carbocycles. The standard InChI is InChI=1S/C18H23N3O4S/c1-3-23-15-8-7-13(10-16(15)24-4-2)11-17(22)20-21-18(26)19-12-14-6-5-9-25-14/h5-10H,3-4,11-12H2,1-2H3,(H,20,22)(H2,19,21,26). The van der Waals surface area contributed by atoms with E-state index in [-0.39, 0.29) is 12.3 Å². The zero-order valence-electron chi connectivity index (χ0n) is 14.8. The molecule has 0 fully saturated rings. The van der Waals surface area contributed by atoms with Crippen molar-refractivity contribution in [3.05, 3.63) is 47.9 Å². The second-order valence-electron chi connectivity index (χ2n) is 5.26. The number of hydrogen-bond donors (Lipinski definition) is 3. The van der Waals surface area contributed by atoms with Gasteiger partial charge < -0.3 is 19.2 Å². The highest BCUT2D eigenvalue weighted by molar-refractivity contribution is 7.80. The summed E-state index contributed by atoms with van der Waals surface area (Å²) in [6.45, 7) is 5.31. The maximum Gasteiger partial charge on any atom is 0.242 e. The van der Waals surface area contributed by atoms with Crippen LogP contribution in [0.4, 0.5) is 0 Å². The van der Waals surface area contributed by atoms with E-state index in [9.17, 15) is 4.79 Å². The predicted octanol–water partition coefficient (Wildman–Crippen LogP) is 2.31. The van der Waals surface area contributed by atoms with E-state index in [0.29, 0.717) is 36.4 Å². The third-order valence-electron chi connectivity index (χ3n) is 3.29. The van der Waals surface area contributed by atoms with Crippen LogP contribution in [0.25, 0.3) is 0 Å². The topological polar surface area (TPSA) is 84.8 Å². The summed E-state index contributed by atoms with van der Waals surface area (Å²) >= 11 is 5.10. The number of carbonyl (C=O) groups excluding carboxylic acids is 1. The van der Waals surface area contributed by atoms with E-state index >= 15 is 0 Å². The average Bonchev–Trinajstić information content (AvgIpc) is 3.14. The molecule has 0 saturated carbocycles. The number of rotatable bonds is 8. The van der Waals surface area contributed by atoms with E-state index in [1.54, 1.807) is 18.4 Å². The summed E-state index contributed by atoms with van der Waals surface area (Å²) in [5.74, 6) is 1.82. The smallest absolute Gasteiger partial charge is 0.242 e. The second-order valence-corrected chi connectivity index (χ2v) is 5.67. The lowest BCUT2D eigenvalue weighted by atomic mass is 10.1. The van der Waals surface area contributed by atoms with Gasteiger partial charge >= 0.3 is 0 Å². The van der Waals surface area contributed by atoms with Gasteiger partial charge in [-0.2, -0.15) is 0 Å². The molecule has 140 valence electrons. The van der Waals surface area contributed by atoms with Gasteiger partial charge in [-0.3, -0.25) is 15.6 Å². The maximum atomic E-state index is 12.1. The molecule has 0 bridgehead atoms. The van der Waals surface area contributed by atoms with Gasteiger partial charge in [0.2, 0.25) is 5.91 Å². The van der Waals surface area contributed by atoms with Crippen molar-refractivity contribution < 1.29 is 18.7 Å². The largest absolute Gasteiger partial charge is 0.490 e. The van der Waals surface area contributed by atoms with Crippen LogP contribution in [-0.4, -0.2) is 24.2 Å². The number of carbonyl (C=O) groups is 1. The van der Waals surface area contributed by atoms with Gasteiger partial charge in [0.15, 0.2) is 16.6 Å². The normalized spacial score (nSPS) is 10.1. The van der Waals surface area contributed by atoms with Crippen molar-refractivity contribution in [3.8, 4) is 11.5 Å². The monoisotopic (exact) mass is 377 g/mol. The van der Waals surface area contributed by atoms with Gasteiger partial charge in [-0.15, -0.1) is 0 Å². The number of furan rings is 1. The fourth-order valence-electron chi connectivity index (χ4n) is 2.19. The molecule has 0 aliphatic carbocycles. The van der Waals surface area contributed by atoms with Gasteiger partial charge in [0.05, 0.1) is 32.4 Å². The van der Waals surface area contributed by atoms with Crippen molar-refractivity contribution in [2.24, 2.45) is 0 Å². The molecule has 0 saturated heterocycles. The number of benzene rings is 1. The fraction of sp³-hybridized carbons (Fsp3) is 0.333. The average molecular weight is 377 g/mol. The molecule has 8 heteroatoms. The molecule has 3 N–H and O–H groups in total. The van der Waals surface area contributed by atoms with Crippen molar-refractivity contribution in [2.45, 2.75) is 26.8 Å². The van der Waals surface area contributed by atoms with Crippen molar-refractivity contribution in [3.63, 3.8) is 0 Å². The molecule has 0 aliphatic rings. The highest BCUT2D eigenvalue weighted by Crippen LogP contribution is 2.28. The minimum atomic E-state index is -0.223. The summed E-state index contributed by atoms with van der Waals surface area (Å²) in [7, 11) is 0. The molecule has 0 spiro atoms. The zero-order valence-corrected chi connectivity index (χ0v) is 15.7. The SMILES string of the molecule is CCOc1ccc(CC(=O)NNC(=S)NCc2ccco2)cc1OCC. The molecule has 26 heavy (non-hydrogen) atoms. The first-order valence-corrected chi connectivity index (χ1v) is 8.76. The number of hydrogen-bond acceptors (Lipinski definition) is 5. The molecule has 1 amide bonds. The lowest BCUT2D eigenvalue weighted by Gasteiger charge is -2.13. The molecule has 0 aliphatic heterocycles. The fourth-order valence-corrected chi connectivity index (χ4v) is 2.31. The Morgan fingerprint density at radius 1 is 1.12 bits per heavy atom. The van der Waals surface area contributed by atoms with Crippen LogP contribution in [0.15, 0.2) is 41.0 Å². The third-order valence-corrected chi connectivity index (χ3v) is 3.54. The van der Waals surface area contributed by atoms with Crippen LogP contribution in [-0.2, 0) is 17.8 Å². The van der Waals surface area contributed by atoms with Crippen LogP contribution in [0.3, 0.4) is 0 Å². The molecule has 1 heterocycles. The Morgan fingerprint density at radius 2 is 1.88 bits per heavy atom. The molecule has 2 aromatic rings. The molecule has 0 radical (unpaired) electrons. The van der Waals surface area contributed by atoms with Crippen LogP contribution in [0.1, 0.15) is 25.2 Å². The molecule has 2 rings (SSSR count). The lowest BCUT2D eigenvalue weighted by molar-refractivity contribution is -0.121. The number of hydrazine groups is 1. The first-order chi connectivity index (χ1) is 12.6. The first kappa shape index (κ1) is 19.6. The first-order valence-electron chi connectivity index (χ1n) is 8.36. The third kappa shape index (κ3) is 6.29. The summed E-state index contributed by atoms with van der Waals surface area (Å²) in [6.07, 6.45) is 1.77. The maximum absolute atomic E-state index is 12.1. The lowest BCUT2D eigenvalue weighted by Crippen LogP contribution is -2.47. The Morgan fingerprint density at radius 3 is 2.58 bits per heavy atom. The Hall–Kier alpha value is -2.74. The highest BCUT2D eigenvalue weighted by Gasteiger charge is 2.09. The minimum Gasteiger partial charge on any atom is -0.490 e. The summed E-state index contributed by atoms with van der Waals surface area (Å²) < 4.78 is 16.3. The molecule has 0 unspecified atom stereocenters. The molecule has 7 nitrogen and oxygen atoms in total. The van der Waals surface area contributed by atoms with E-state index < -0.39 is 0 Å². The van der Waals surface area contributed by atoms with E-state index in [4.69, 9.17) is 26.1 Å². The van der Waals surface area contributed by atoms with Gasteiger partial charge in [0, 0.05) is 0 Å². The zero-order chi connectivity index (χ0) is 18.8. The van der Waals surface area contributed by atoms with Crippen LogP contribution in [0.2, 0.25) is 0 Å². The van der Waals surface area contributed by atoms with Crippen LogP contribution in [0.5, 0.6) is 11.5 Å². The number of amides is 1. The van der Waals surface area contributed by atoms with E-state index in [2.05, 4.69) is 16.2 Å². The summed E-state index contributed by atoms with van der Waals surface area (Å²) in [5, 5.41) is 3.23. The predicted molar refractivity (Wildman–Crippen MR) is 102 cm³/mol. The molecule has 0 atom stereocenters. The second kappa shape index (κ2) is 10.3. The van der Waals surface area contributed by atoms with Crippen LogP contribution < -0.4 is 25.6 Å². The Balaban J connectivity index is 1.81. The summed E-state index contributed by atoms with van der Waals surface area (Å²) in [5.41, 5.74) is 6.03. The number of nitrogens with one attached hydrogen (secondary N) is 3. The van der Waals surface area contributed by atoms with Crippen molar-refractivity contribution in [1.29, 1.82) is 0 Å². The van der Waals surface area contributed by atoms with Gasteiger partial charge in [0.25, 0.3) is 0 Å². The Bertz CT molecular complexity index is 719.